The van der Waals surface area contributed by atoms with E-state index in [1.807, 2.05) is 0 Å². The molecule has 0 aliphatic heterocycles. The molecule has 3 heteroatoms. The molecule has 0 fully saturated rings. The lowest BCUT2D eigenvalue weighted by molar-refractivity contribution is 0.766. The van der Waals surface area contributed by atoms with Gasteiger partial charge in [0.2, 0.25) is 0 Å². The number of hydrogen-bond donors (Lipinski definition) is 0. The molecule has 5 rings (SSSR count). The van der Waals surface area contributed by atoms with Crippen molar-refractivity contribution in [2.75, 3.05) is 0 Å². The number of fused-ring (bicyclic) bond motifs is 2. The Bertz CT molecular complexity index is 1190. The van der Waals surface area contributed by atoms with Crippen LogP contribution >= 0.6 is 11.3 Å². The fourth-order valence-electron chi connectivity index (χ4n) is 3.53. The molecule has 2 aromatic heterocycles. The van der Waals surface area contributed by atoms with Crippen molar-refractivity contribution in [3.63, 3.8) is 0 Å². The zero-order chi connectivity index (χ0) is 17.3. The Morgan fingerprint density at radius 2 is 1.65 bits per heavy atom. The van der Waals surface area contributed by atoms with Gasteiger partial charge in [0.1, 0.15) is 5.82 Å². The van der Waals surface area contributed by atoms with Crippen molar-refractivity contribution >= 4 is 33.1 Å². The quantitative estimate of drug-likeness (QED) is 0.393. The Labute approximate surface area is 156 Å². The Morgan fingerprint density at radius 1 is 0.808 bits per heavy atom. The van der Waals surface area contributed by atoms with Gasteiger partial charge in [0.05, 0.1) is 11.0 Å². The van der Waals surface area contributed by atoms with E-state index in [2.05, 4.69) is 88.8 Å². The van der Waals surface area contributed by atoms with Gasteiger partial charge in [0.25, 0.3) is 0 Å². The molecule has 2 nitrogen and oxygen atoms in total. The Hall–Kier alpha value is -2.91. The molecule has 5 aromatic rings. The van der Waals surface area contributed by atoms with Gasteiger partial charge in [-0.15, -0.1) is 11.3 Å². The molecule has 26 heavy (non-hydrogen) atoms. The third-order valence-corrected chi connectivity index (χ3v) is 5.68. The molecule has 0 saturated heterocycles. The second-order valence-corrected chi connectivity index (χ2v) is 7.57. The van der Waals surface area contributed by atoms with Gasteiger partial charge in [0, 0.05) is 17.8 Å². The van der Waals surface area contributed by atoms with Crippen LogP contribution in [0, 0.1) is 0 Å². The molecule has 0 N–H and O–H groups in total. The third kappa shape index (κ3) is 2.80. The first-order chi connectivity index (χ1) is 12.9. The van der Waals surface area contributed by atoms with E-state index in [0.717, 1.165) is 24.3 Å². The van der Waals surface area contributed by atoms with Gasteiger partial charge < -0.3 is 4.57 Å². The molecule has 0 saturated carbocycles. The first kappa shape index (κ1) is 15.4. The van der Waals surface area contributed by atoms with Gasteiger partial charge >= 0.3 is 0 Å². The minimum Gasteiger partial charge on any atom is -0.323 e. The van der Waals surface area contributed by atoms with Gasteiger partial charge in [-0.25, -0.2) is 4.98 Å². The van der Waals surface area contributed by atoms with Crippen LogP contribution in [0.1, 0.15) is 16.3 Å². The molecule has 2 heterocycles. The van der Waals surface area contributed by atoms with Crippen molar-refractivity contribution in [3.8, 4) is 0 Å². The van der Waals surface area contributed by atoms with E-state index >= 15 is 0 Å². The summed E-state index contributed by atoms with van der Waals surface area (Å²) in [6.45, 7) is 0.839. The van der Waals surface area contributed by atoms with Gasteiger partial charge in [-0.1, -0.05) is 54.6 Å². The summed E-state index contributed by atoms with van der Waals surface area (Å²) in [6, 6.07) is 28.0. The summed E-state index contributed by atoms with van der Waals surface area (Å²) in [4.78, 5) is 6.26. The zero-order valence-electron chi connectivity index (χ0n) is 14.3. The topological polar surface area (TPSA) is 17.8 Å². The summed E-state index contributed by atoms with van der Waals surface area (Å²) in [5.74, 6) is 1.13. The maximum Gasteiger partial charge on any atom is 0.115 e. The summed E-state index contributed by atoms with van der Waals surface area (Å²) >= 11 is 1.79. The van der Waals surface area contributed by atoms with E-state index in [4.69, 9.17) is 4.98 Å². The number of para-hydroxylation sites is 2. The summed E-state index contributed by atoms with van der Waals surface area (Å²) in [5, 5.41) is 4.70. The molecule has 0 bridgehead atoms. The number of rotatable bonds is 4. The van der Waals surface area contributed by atoms with Gasteiger partial charge in [-0.05, 0) is 46.0 Å². The second-order valence-electron chi connectivity index (χ2n) is 6.54. The van der Waals surface area contributed by atoms with Gasteiger partial charge in [-0.2, -0.15) is 0 Å². The summed E-state index contributed by atoms with van der Waals surface area (Å²) in [7, 11) is 0. The Kier molecular flexibility index (Phi) is 3.80. The van der Waals surface area contributed by atoms with Crippen molar-refractivity contribution in [3.05, 3.63) is 101 Å². The highest BCUT2D eigenvalue weighted by molar-refractivity contribution is 7.09. The number of thiophene rings is 1. The van der Waals surface area contributed by atoms with Crippen LogP contribution < -0.4 is 0 Å². The van der Waals surface area contributed by atoms with Crippen LogP contribution in [0.25, 0.3) is 21.8 Å². The maximum atomic E-state index is 4.92. The van der Waals surface area contributed by atoms with E-state index in [9.17, 15) is 0 Å². The fourth-order valence-corrected chi connectivity index (χ4v) is 4.23. The van der Waals surface area contributed by atoms with Crippen LogP contribution in [0.15, 0.2) is 84.2 Å². The normalized spacial score (nSPS) is 11.4. The van der Waals surface area contributed by atoms with E-state index < -0.39 is 0 Å². The van der Waals surface area contributed by atoms with Crippen LogP contribution in [0.5, 0.6) is 0 Å². The Balaban J connectivity index is 1.59. The summed E-state index contributed by atoms with van der Waals surface area (Å²) in [6.07, 6.45) is 0.875. The highest BCUT2D eigenvalue weighted by Crippen LogP contribution is 2.23. The fraction of sp³-hybridized carbons (Fsp3) is 0.0870. The number of benzene rings is 3. The zero-order valence-corrected chi connectivity index (χ0v) is 15.1. The lowest BCUT2D eigenvalue weighted by atomic mass is 10.1. The first-order valence-electron chi connectivity index (χ1n) is 8.81. The predicted molar refractivity (Wildman–Crippen MR) is 110 cm³/mol. The van der Waals surface area contributed by atoms with E-state index in [0.29, 0.717) is 0 Å². The van der Waals surface area contributed by atoms with E-state index in [-0.39, 0.29) is 0 Å². The highest BCUT2D eigenvalue weighted by Gasteiger charge is 2.12. The molecule has 126 valence electrons. The third-order valence-electron chi connectivity index (χ3n) is 4.80. The van der Waals surface area contributed by atoms with Crippen LogP contribution in [-0.2, 0) is 13.0 Å². The smallest absolute Gasteiger partial charge is 0.115 e. The molecule has 0 aliphatic carbocycles. The van der Waals surface area contributed by atoms with Crippen molar-refractivity contribution in [1.82, 2.24) is 9.55 Å². The molecule has 0 amide bonds. The van der Waals surface area contributed by atoms with Crippen LogP contribution in [-0.4, -0.2) is 9.55 Å². The molecular weight excluding hydrogens is 336 g/mol. The summed E-state index contributed by atoms with van der Waals surface area (Å²) in [5.41, 5.74) is 3.58. The largest absolute Gasteiger partial charge is 0.323 e. The second kappa shape index (κ2) is 6.43. The molecule has 0 radical (unpaired) electrons. The standard InChI is InChI=1S/C23H18N2S/c1-2-7-19-14-17(11-12-18(19)6-1)16-25-22-10-4-3-9-21(22)24-23(25)15-20-8-5-13-26-20/h1-14H,15-16H2. The van der Waals surface area contributed by atoms with Crippen LogP contribution in [0.2, 0.25) is 0 Å². The molecular formula is C23H18N2S. The molecule has 0 unspecified atom stereocenters. The minimum absolute atomic E-state index is 0.839. The maximum absolute atomic E-state index is 4.92. The summed E-state index contributed by atoms with van der Waals surface area (Å²) < 4.78 is 2.36. The van der Waals surface area contributed by atoms with E-state index in [1.165, 1.54) is 26.7 Å². The Morgan fingerprint density at radius 3 is 2.54 bits per heavy atom. The van der Waals surface area contributed by atoms with Crippen LogP contribution in [0.4, 0.5) is 0 Å². The number of aromatic nitrogens is 2. The number of imidazole rings is 1. The van der Waals surface area contributed by atoms with Gasteiger partial charge in [-0.3, -0.25) is 0 Å². The van der Waals surface area contributed by atoms with Crippen molar-refractivity contribution in [1.29, 1.82) is 0 Å². The first-order valence-corrected chi connectivity index (χ1v) is 9.69. The average molecular weight is 354 g/mol. The lowest BCUT2D eigenvalue weighted by Gasteiger charge is -2.10. The molecule has 0 aliphatic rings. The molecule has 3 aromatic carbocycles. The molecule has 0 atom stereocenters. The van der Waals surface area contributed by atoms with Crippen molar-refractivity contribution < 1.29 is 0 Å². The van der Waals surface area contributed by atoms with Crippen LogP contribution in [0.3, 0.4) is 0 Å². The van der Waals surface area contributed by atoms with Crippen molar-refractivity contribution in [2.24, 2.45) is 0 Å². The average Bonchev–Trinajstić information content (AvgIpc) is 3.31. The molecule has 0 spiro atoms. The predicted octanol–water partition coefficient (Wildman–Crippen LogP) is 5.89. The van der Waals surface area contributed by atoms with Gasteiger partial charge in [0.15, 0.2) is 0 Å². The number of nitrogens with zero attached hydrogens (tertiary/aromatic N) is 2. The van der Waals surface area contributed by atoms with Crippen molar-refractivity contribution in [2.45, 2.75) is 13.0 Å². The monoisotopic (exact) mass is 354 g/mol. The highest BCUT2D eigenvalue weighted by atomic mass is 32.1. The lowest BCUT2D eigenvalue weighted by Crippen LogP contribution is -2.05. The minimum atomic E-state index is 0.839. The van der Waals surface area contributed by atoms with E-state index in [1.54, 1.807) is 11.3 Å². The SMILES string of the molecule is c1csc(Cc2nc3ccccc3n2Cc2ccc3ccccc3c2)c1. The number of hydrogen-bond acceptors (Lipinski definition) is 2.